The number of phenolic OH excluding ortho intramolecular Hbond substituents is 4. The highest BCUT2D eigenvalue weighted by Crippen LogP contribution is 2.82. The first-order valence-corrected chi connectivity index (χ1v) is 28.3. The van der Waals surface area contributed by atoms with Crippen LogP contribution in [0.4, 0.5) is 0 Å². The smallest absolute Gasteiger partial charge is 0.337 e. The van der Waals surface area contributed by atoms with E-state index < -0.39 is 23.9 Å². The highest BCUT2D eigenvalue weighted by Gasteiger charge is 2.72. The fourth-order valence-electron chi connectivity index (χ4n) is 13.5. The number of hydrogen-bond acceptors (Lipinski definition) is 16. The molecule has 15 nitrogen and oxygen atoms in total. The third-order valence-corrected chi connectivity index (χ3v) is 21.3. The van der Waals surface area contributed by atoms with Gasteiger partial charge in [0.05, 0.1) is 50.3 Å². The predicted molar refractivity (Wildman–Crippen MR) is 295 cm³/mol. The van der Waals surface area contributed by atoms with Crippen LogP contribution in [0.5, 0.6) is 23.0 Å². The number of rotatable bonds is 2. The van der Waals surface area contributed by atoms with Gasteiger partial charge in [0, 0.05) is 82.5 Å². The number of nitriles is 1. The molecule has 19 heteroatoms. The number of carboxylic acids is 2. The van der Waals surface area contributed by atoms with Gasteiger partial charge in [0.1, 0.15) is 42.5 Å². The van der Waals surface area contributed by atoms with Crippen LogP contribution in [0.2, 0.25) is 0 Å². The normalized spacial score (nSPS) is 21.7. The zero-order chi connectivity index (χ0) is 56.0. The molecule has 4 unspecified atom stereocenters. The molecule has 398 valence electrons. The summed E-state index contributed by atoms with van der Waals surface area (Å²) in [6.45, 7) is 11.6. The second-order valence-electron chi connectivity index (χ2n) is 19.7. The number of ether oxygens (including phenoxy) is 2. The zero-order valence-electron chi connectivity index (χ0n) is 42.7. The van der Waals surface area contributed by atoms with Gasteiger partial charge >= 0.3 is 15.9 Å². The highest BCUT2D eigenvalue weighted by atomic mass is 32.2. The topological polar surface area (TPSA) is 242 Å². The van der Waals surface area contributed by atoms with Crippen LogP contribution in [0.1, 0.15) is 124 Å². The number of carbonyl (C=O) groups excluding carboxylic acids is 3. The summed E-state index contributed by atoms with van der Waals surface area (Å²) in [7, 11) is 2.48. The minimum absolute atomic E-state index is 0.0423. The first-order valence-electron chi connectivity index (χ1n) is 25.0. The number of carbonyl (C=O) groups is 4. The SMILES string of the molecule is CC(=O)O.CC(=O)[O-].COC(=O)CC#N.Oc1c2c(c(O)c3sc(=[N+]4CCCC4)sc13)C1c3ccccc3C13c1ccccc1C23.[C-]#[N+]C(C(=O)OC)=C1Sc2c(O)c3c(c(O)c2S1)C1c2ccccc2C12c1ccccc1C32. The van der Waals surface area contributed by atoms with Gasteiger partial charge in [-0.3, -0.25) is 14.4 Å². The monoisotopic (exact) mass is 1130 g/mol. The summed E-state index contributed by atoms with van der Waals surface area (Å²) in [6.07, 6.45) is 2.28. The molecule has 2 aliphatic heterocycles. The van der Waals surface area contributed by atoms with Crippen LogP contribution >= 0.6 is 46.2 Å². The number of aromatic hydroxyl groups is 4. The Bertz CT molecular complexity index is 3810. The first kappa shape index (κ1) is 53.0. The second-order valence-corrected chi connectivity index (χ2v) is 24.3. The Morgan fingerprint density at radius 2 is 1.00 bits per heavy atom. The van der Waals surface area contributed by atoms with Crippen molar-refractivity contribution in [1.82, 2.24) is 4.58 Å². The van der Waals surface area contributed by atoms with E-state index in [1.165, 1.54) is 75.6 Å². The van der Waals surface area contributed by atoms with E-state index in [-0.39, 0.29) is 58.1 Å². The number of fused-ring (bicyclic) bond motifs is 16. The van der Waals surface area contributed by atoms with Crippen LogP contribution in [0.15, 0.2) is 117 Å². The molecule has 4 atom stereocenters. The lowest BCUT2D eigenvalue weighted by Gasteiger charge is -2.58. The van der Waals surface area contributed by atoms with Crippen molar-refractivity contribution in [3.63, 3.8) is 0 Å². The van der Waals surface area contributed by atoms with Gasteiger partial charge in [-0.25, -0.2) is 9.42 Å². The van der Waals surface area contributed by atoms with Crippen LogP contribution in [-0.4, -0.2) is 76.7 Å². The number of nitrogens with zero attached hydrogens (tertiary/aromatic N) is 3. The molecule has 0 saturated carbocycles. The van der Waals surface area contributed by atoms with Crippen LogP contribution in [-0.2, 0) is 39.5 Å². The van der Waals surface area contributed by atoms with Gasteiger partial charge in [-0.2, -0.15) is 5.26 Å². The Labute approximate surface area is 468 Å². The number of methoxy groups -OCH3 is 2. The predicted octanol–water partition coefficient (Wildman–Crippen LogP) is 9.20. The first-order chi connectivity index (χ1) is 38.0. The fraction of sp³-hybridized carbons (Fsp3) is 0.250. The van der Waals surface area contributed by atoms with Gasteiger partial charge in [0.15, 0.2) is 0 Å². The molecule has 79 heavy (non-hydrogen) atoms. The third kappa shape index (κ3) is 7.46. The summed E-state index contributed by atoms with van der Waals surface area (Å²) < 4.78 is 14.6. The number of benzene rings is 6. The van der Waals surface area contributed by atoms with Crippen molar-refractivity contribution < 1.29 is 59.3 Å². The fourth-order valence-corrected chi connectivity index (χ4v) is 18.7. The summed E-state index contributed by atoms with van der Waals surface area (Å²) in [5, 5.41) is 70.5. The third-order valence-electron chi connectivity index (χ3n) is 16.0. The Morgan fingerprint density at radius 3 is 1.30 bits per heavy atom. The lowest BCUT2D eigenvalue weighted by Crippen LogP contribution is -2.52. The molecule has 5 N–H and O–H groups in total. The van der Waals surface area contributed by atoms with E-state index in [9.17, 15) is 30.0 Å². The molecule has 8 aliphatic rings. The van der Waals surface area contributed by atoms with Gasteiger partial charge in [0.2, 0.25) is 0 Å². The molecule has 0 amide bonds. The van der Waals surface area contributed by atoms with Gasteiger partial charge in [0.25, 0.3) is 11.7 Å². The van der Waals surface area contributed by atoms with E-state index in [0.717, 1.165) is 82.1 Å². The van der Waals surface area contributed by atoms with Crippen molar-refractivity contribution >= 4 is 79.5 Å². The second kappa shape index (κ2) is 20.0. The molecule has 15 rings (SSSR count). The lowest BCUT2D eigenvalue weighted by atomic mass is 9.43. The maximum atomic E-state index is 12.1. The zero-order valence-corrected chi connectivity index (χ0v) is 45.9. The van der Waals surface area contributed by atoms with Crippen molar-refractivity contribution in [3.8, 4) is 29.1 Å². The number of phenols is 4. The van der Waals surface area contributed by atoms with Gasteiger partial charge in [-0.15, -0.1) is 0 Å². The number of thioether (sulfide) groups is 2. The minimum Gasteiger partial charge on any atom is -0.550 e. The van der Waals surface area contributed by atoms with Crippen LogP contribution in [0, 0.1) is 17.9 Å². The molecule has 1 saturated heterocycles. The minimum atomic E-state index is -1.08. The maximum Gasteiger partial charge on any atom is 0.337 e. The summed E-state index contributed by atoms with van der Waals surface area (Å²) in [5.41, 5.74) is 13.1. The Morgan fingerprint density at radius 1 is 0.658 bits per heavy atom. The number of aliphatic carboxylic acids is 2. The van der Waals surface area contributed by atoms with E-state index in [2.05, 4.69) is 87.0 Å². The van der Waals surface area contributed by atoms with Gasteiger partial charge < -0.3 is 44.9 Å². The van der Waals surface area contributed by atoms with E-state index in [4.69, 9.17) is 36.4 Å². The van der Waals surface area contributed by atoms with Crippen LogP contribution < -0.4 is 13.7 Å². The Hall–Kier alpha value is -8.07. The maximum absolute atomic E-state index is 12.1. The largest absolute Gasteiger partial charge is 0.550 e. The van der Waals surface area contributed by atoms with E-state index >= 15 is 0 Å². The summed E-state index contributed by atoms with van der Waals surface area (Å²) in [6, 6.07) is 35.6. The van der Waals surface area contributed by atoms with Gasteiger partial charge in [-0.05, 0) is 51.4 Å². The number of carboxylic acid groups (broad SMARTS) is 2. The van der Waals surface area contributed by atoms with E-state index in [1.807, 2.05) is 24.3 Å². The number of hydrogen-bond donors (Lipinski definition) is 5. The van der Waals surface area contributed by atoms with Crippen molar-refractivity contribution in [1.29, 1.82) is 5.26 Å². The molecule has 1 aromatic heterocycles. The number of esters is 2. The molecule has 2 spiro atoms. The van der Waals surface area contributed by atoms with Crippen molar-refractivity contribution in [2.24, 2.45) is 0 Å². The molecular formula is C60H47N3O12S4. The summed E-state index contributed by atoms with van der Waals surface area (Å²) in [4.78, 5) is 44.3. The molecule has 0 radical (unpaired) electrons. The quantitative estimate of drug-likeness (QED) is 0.0356. The van der Waals surface area contributed by atoms with Crippen molar-refractivity contribution in [3.05, 3.63) is 189 Å². The highest BCUT2D eigenvalue weighted by molar-refractivity contribution is 8.24. The molecule has 1 fully saturated rings. The standard InChI is InChI=1S/C26H15NO4S2.C26H19NO2S2.C4H5NO2.2C2H4O2/c1-27-19(24(30)31-2)25-32-22-20(28)15-16(21(29)23(22)33-25)18-12-8-4-6-10-14(12)26(18)13-9-5-3-7-11(13)17(15)26;28-21-17-18(22(29)24-23(21)30-25(31-24)27-11-5-6-12-27)20-14-8-2-4-10-16(14)26(20)15-9-3-1-7-13(15)19(17)26;1-7-4(6)2-3-5;2*1-2(3)4/h3-10,17-18,28-29H,2H3;1-4,7-10,19-20H,5-6,11-12H2,(H-,28,29);2H2,1H3;2*1H3,(H,3,4). The Balaban J connectivity index is 0.000000134. The van der Waals surface area contributed by atoms with Crippen LogP contribution in [0.25, 0.3) is 14.2 Å². The average molecular weight is 1130 g/mol. The van der Waals surface area contributed by atoms with E-state index in [0.29, 0.717) is 25.5 Å². The molecule has 6 aliphatic carbocycles. The molecular weight excluding hydrogens is 1080 g/mol. The molecule has 3 heterocycles. The van der Waals surface area contributed by atoms with Gasteiger partial charge in [-0.1, -0.05) is 143 Å². The Kier molecular flexibility index (Phi) is 13.4. The summed E-state index contributed by atoms with van der Waals surface area (Å²) in [5.74, 6) is -1.90. The molecule has 7 aromatic rings. The lowest BCUT2D eigenvalue weighted by molar-refractivity contribution is -0.302. The molecule has 6 aromatic carbocycles. The average Bonchev–Trinajstić information content (AvgIpc) is 1.65. The summed E-state index contributed by atoms with van der Waals surface area (Å²) >= 11 is 5.60. The van der Waals surface area contributed by atoms with E-state index in [1.54, 1.807) is 28.7 Å². The van der Waals surface area contributed by atoms with Crippen molar-refractivity contribution in [2.45, 2.75) is 77.4 Å². The van der Waals surface area contributed by atoms with Crippen LogP contribution in [0.3, 0.4) is 0 Å². The molecule has 0 bridgehead atoms. The van der Waals surface area contributed by atoms with Crippen molar-refractivity contribution in [2.75, 3.05) is 27.3 Å².